The zero-order chi connectivity index (χ0) is 13.5. The maximum atomic E-state index is 12.0. The lowest BCUT2D eigenvalue weighted by molar-refractivity contribution is -0.126. The van der Waals surface area contributed by atoms with Crippen LogP contribution in [-0.2, 0) is 4.79 Å². The number of nitrogens with zero attached hydrogens (tertiary/aromatic N) is 1. The van der Waals surface area contributed by atoms with Crippen LogP contribution in [0.2, 0.25) is 0 Å². The van der Waals surface area contributed by atoms with Crippen LogP contribution >= 0.6 is 0 Å². The highest BCUT2D eigenvalue weighted by molar-refractivity contribution is 5.82. The van der Waals surface area contributed by atoms with E-state index in [0.29, 0.717) is 43.7 Å². The molecule has 1 saturated carbocycles. The molecular formula is C14H27NO3. The predicted molar refractivity (Wildman–Crippen MR) is 71.3 cm³/mol. The van der Waals surface area contributed by atoms with Crippen LogP contribution in [0.4, 0.5) is 0 Å². The van der Waals surface area contributed by atoms with Crippen molar-refractivity contribution < 1.29 is 15.0 Å². The molecule has 0 radical (unpaired) electrons. The Balaban J connectivity index is 2.53. The molecule has 0 saturated heterocycles. The van der Waals surface area contributed by atoms with Gasteiger partial charge in [0, 0.05) is 32.0 Å². The summed E-state index contributed by atoms with van der Waals surface area (Å²) in [6.07, 6.45) is 2.68. The van der Waals surface area contributed by atoms with Gasteiger partial charge in [-0.25, -0.2) is 0 Å². The Labute approximate surface area is 110 Å². The highest BCUT2D eigenvalue weighted by atomic mass is 16.3. The van der Waals surface area contributed by atoms with E-state index in [0.717, 1.165) is 12.8 Å². The monoisotopic (exact) mass is 257 g/mol. The smallest absolute Gasteiger partial charge is 0.137 e. The summed E-state index contributed by atoms with van der Waals surface area (Å²) in [4.78, 5) is 13.9. The van der Waals surface area contributed by atoms with Crippen LogP contribution in [0.1, 0.15) is 33.1 Å². The molecule has 0 aromatic rings. The lowest BCUT2D eigenvalue weighted by Crippen LogP contribution is -2.40. The topological polar surface area (TPSA) is 60.8 Å². The molecule has 106 valence electrons. The van der Waals surface area contributed by atoms with Crippen LogP contribution in [0, 0.1) is 17.8 Å². The quantitative estimate of drug-likeness (QED) is 0.712. The Bertz CT molecular complexity index is 249. The fraction of sp³-hybridized carbons (Fsp3) is 0.929. The van der Waals surface area contributed by atoms with E-state index in [1.165, 1.54) is 0 Å². The number of hydrogen-bond acceptors (Lipinski definition) is 4. The molecule has 0 aliphatic heterocycles. The lowest BCUT2D eigenvalue weighted by Gasteiger charge is -2.33. The summed E-state index contributed by atoms with van der Waals surface area (Å²) in [5, 5.41) is 18.0. The summed E-state index contributed by atoms with van der Waals surface area (Å²) in [6, 6.07) is 0. The maximum Gasteiger partial charge on any atom is 0.137 e. The molecule has 1 fully saturated rings. The minimum absolute atomic E-state index is 0.0779. The Morgan fingerprint density at radius 3 is 2.39 bits per heavy atom. The molecule has 0 bridgehead atoms. The van der Waals surface area contributed by atoms with Gasteiger partial charge in [0.15, 0.2) is 0 Å². The second kappa shape index (κ2) is 7.87. The molecule has 1 aliphatic carbocycles. The lowest BCUT2D eigenvalue weighted by atomic mass is 9.75. The largest absolute Gasteiger partial charge is 0.395 e. The summed E-state index contributed by atoms with van der Waals surface area (Å²) >= 11 is 0. The molecular weight excluding hydrogens is 230 g/mol. The number of aliphatic hydroxyl groups is 2. The van der Waals surface area contributed by atoms with E-state index in [1.807, 2.05) is 4.90 Å². The number of ketones is 1. The fourth-order valence-corrected chi connectivity index (χ4v) is 2.82. The first kappa shape index (κ1) is 15.6. The number of rotatable bonds is 7. The van der Waals surface area contributed by atoms with E-state index in [1.54, 1.807) is 0 Å². The van der Waals surface area contributed by atoms with Crippen LogP contribution in [0.5, 0.6) is 0 Å². The van der Waals surface area contributed by atoms with E-state index in [-0.39, 0.29) is 19.1 Å². The van der Waals surface area contributed by atoms with Crippen molar-refractivity contribution in [1.82, 2.24) is 4.90 Å². The molecule has 2 N–H and O–H groups in total. The van der Waals surface area contributed by atoms with Crippen molar-refractivity contribution in [2.45, 2.75) is 33.1 Å². The van der Waals surface area contributed by atoms with E-state index in [4.69, 9.17) is 10.2 Å². The van der Waals surface area contributed by atoms with Gasteiger partial charge in [-0.1, -0.05) is 13.8 Å². The van der Waals surface area contributed by atoms with E-state index in [9.17, 15) is 4.79 Å². The summed E-state index contributed by atoms with van der Waals surface area (Å²) in [5.74, 6) is 1.71. The zero-order valence-corrected chi connectivity index (χ0v) is 11.6. The van der Waals surface area contributed by atoms with E-state index in [2.05, 4.69) is 13.8 Å². The van der Waals surface area contributed by atoms with Gasteiger partial charge in [-0.3, -0.25) is 9.69 Å². The second-order valence-corrected chi connectivity index (χ2v) is 5.69. The van der Waals surface area contributed by atoms with Gasteiger partial charge in [-0.15, -0.1) is 0 Å². The molecule has 0 aromatic heterocycles. The number of aliphatic hydroxyl groups excluding tert-OH is 2. The van der Waals surface area contributed by atoms with Crippen LogP contribution in [0.15, 0.2) is 0 Å². The Kier molecular flexibility index (Phi) is 6.82. The van der Waals surface area contributed by atoms with Gasteiger partial charge in [0.25, 0.3) is 0 Å². The van der Waals surface area contributed by atoms with Crippen molar-refractivity contribution in [2.24, 2.45) is 17.8 Å². The third-order valence-corrected chi connectivity index (χ3v) is 4.06. The van der Waals surface area contributed by atoms with Gasteiger partial charge in [0.05, 0.1) is 13.2 Å². The first-order chi connectivity index (χ1) is 8.58. The van der Waals surface area contributed by atoms with Gasteiger partial charge in [0.1, 0.15) is 5.78 Å². The molecule has 4 nitrogen and oxygen atoms in total. The Hall–Kier alpha value is -0.450. The molecule has 0 amide bonds. The zero-order valence-electron chi connectivity index (χ0n) is 11.6. The number of hydrogen-bond donors (Lipinski definition) is 2. The molecule has 2 atom stereocenters. The summed E-state index contributed by atoms with van der Waals surface area (Å²) in [6.45, 7) is 6.35. The standard InChI is InChI=1S/C14H27NO3/c1-11(2)12-3-4-14(18)13(9-12)10-15(5-7-16)6-8-17/h11-13,16-17H,3-10H2,1-2H3. The van der Waals surface area contributed by atoms with Crippen molar-refractivity contribution in [2.75, 3.05) is 32.8 Å². The van der Waals surface area contributed by atoms with Gasteiger partial charge in [-0.05, 0) is 24.7 Å². The Morgan fingerprint density at radius 1 is 1.28 bits per heavy atom. The van der Waals surface area contributed by atoms with Crippen molar-refractivity contribution in [3.8, 4) is 0 Å². The minimum atomic E-state index is 0.0779. The first-order valence-electron chi connectivity index (χ1n) is 7.05. The number of Topliss-reactive ketones (excluding diaryl/α,β-unsaturated/α-hetero) is 1. The van der Waals surface area contributed by atoms with Gasteiger partial charge >= 0.3 is 0 Å². The van der Waals surface area contributed by atoms with Gasteiger partial charge in [0.2, 0.25) is 0 Å². The molecule has 0 spiro atoms. The van der Waals surface area contributed by atoms with E-state index >= 15 is 0 Å². The van der Waals surface area contributed by atoms with Crippen molar-refractivity contribution >= 4 is 5.78 Å². The summed E-state index contributed by atoms with van der Waals surface area (Å²) in [5.41, 5.74) is 0. The average molecular weight is 257 g/mol. The molecule has 1 aliphatic rings. The minimum Gasteiger partial charge on any atom is -0.395 e. The summed E-state index contributed by atoms with van der Waals surface area (Å²) < 4.78 is 0. The number of carbonyl (C=O) groups is 1. The molecule has 0 aromatic carbocycles. The van der Waals surface area contributed by atoms with Gasteiger partial charge in [-0.2, -0.15) is 0 Å². The van der Waals surface area contributed by atoms with Crippen LogP contribution < -0.4 is 0 Å². The molecule has 4 heteroatoms. The summed E-state index contributed by atoms with van der Waals surface area (Å²) in [7, 11) is 0. The third kappa shape index (κ3) is 4.67. The predicted octanol–water partition coefficient (Wildman–Crippen LogP) is 0.914. The maximum absolute atomic E-state index is 12.0. The SMILES string of the molecule is CC(C)C1CCC(=O)C(CN(CCO)CCO)C1. The normalized spacial score (nSPS) is 25.1. The molecule has 1 rings (SSSR count). The van der Waals surface area contributed by atoms with Crippen molar-refractivity contribution in [3.63, 3.8) is 0 Å². The fourth-order valence-electron chi connectivity index (χ4n) is 2.82. The third-order valence-electron chi connectivity index (χ3n) is 4.06. The van der Waals surface area contributed by atoms with Crippen molar-refractivity contribution in [1.29, 1.82) is 0 Å². The Morgan fingerprint density at radius 2 is 1.89 bits per heavy atom. The first-order valence-corrected chi connectivity index (χ1v) is 7.05. The highest BCUT2D eigenvalue weighted by Gasteiger charge is 2.31. The van der Waals surface area contributed by atoms with Crippen LogP contribution in [-0.4, -0.2) is 53.7 Å². The molecule has 0 heterocycles. The average Bonchev–Trinajstić information content (AvgIpc) is 2.32. The number of carbonyl (C=O) groups excluding carboxylic acids is 1. The van der Waals surface area contributed by atoms with Gasteiger partial charge < -0.3 is 10.2 Å². The van der Waals surface area contributed by atoms with Crippen LogP contribution in [0.25, 0.3) is 0 Å². The van der Waals surface area contributed by atoms with E-state index < -0.39 is 0 Å². The van der Waals surface area contributed by atoms with Crippen LogP contribution in [0.3, 0.4) is 0 Å². The second-order valence-electron chi connectivity index (χ2n) is 5.69. The van der Waals surface area contributed by atoms with Crippen molar-refractivity contribution in [3.05, 3.63) is 0 Å². The highest BCUT2D eigenvalue weighted by Crippen LogP contribution is 2.32. The molecule has 18 heavy (non-hydrogen) atoms. The molecule has 2 unspecified atom stereocenters.